The molecule has 2 fully saturated rings. The number of benzene rings is 1. The number of morpholine rings is 1. The highest BCUT2D eigenvalue weighted by Crippen LogP contribution is 2.41. The van der Waals surface area contributed by atoms with E-state index in [9.17, 15) is 23.1 Å². The van der Waals surface area contributed by atoms with Crippen molar-refractivity contribution >= 4 is 38.7 Å². The van der Waals surface area contributed by atoms with Crippen LogP contribution in [0.4, 0.5) is 17.1 Å². The van der Waals surface area contributed by atoms with E-state index in [0.717, 1.165) is 5.57 Å². The minimum Gasteiger partial charge on any atom is -0.504 e. The number of phenols is 1. The Labute approximate surface area is 232 Å². The SMILES string of the molecule is C=C/C=C(\C=C)[C@@H](CC)Nc1c(Nc2ccc(Cl)c(S(=O)(=O)N3CCC4(CC3)COCCN4)c2O)c(=O)c1=O. The van der Waals surface area contributed by atoms with Gasteiger partial charge < -0.3 is 25.8 Å². The molecule has 4 rings (SSSR count). The van der Waals surface area contributed by atoms with Crippen LogP contribution in [0.3, 0.4) is 0 Å². The van der Waals surface area contributed by atoms with Crippen molar-refractivity contribution in [2.75, 3.05) is 43.5 Å². The Kier molecular flexibility index (Phi) is 8.67. The molecule has 2 saturated heterocycles. The number of anilines is 3. The Morgan fingerprint density at radius 2 is 1.95 bits per heavy atom. The van der Waals surface area contributed by atoms with Crippen LogP contribution in [0.5, 0.6) is 5.75 Å². The molecule has 10 nitrogen and oxygen atoms in total. The van der Waals surface area contributed by atoms with E-state index in [1.165, 1.54) is 16.4 Å². The summed E-state index contributed by atoms with van der Waals surface area (Å²) < 4.78 is 34.1. The van der Waals surface area contributed by atoms with E-state index in [2.05, 4.69) is 29.1 Å². The lowest BCUT2D eigenvalue weighted by Gasteiger charge is -2.44. The number of rotatable bonds is 10. The molecule has 0 saturated carbocycles. The highest BCUT2D eigenvalue weighted by molar-refractivity contribution is 7.89. The summed E-state index contributed by atoms with van der Waals surface area (Å²) in [4.78, 5) is 24.4. The average molecular weight is 577 g/mol. The van der Waals surface area contributed by atoms with Crippen LogP contribution in [0.1, 0.15) is 26.2 Å². The summed E-state index contributed by atoms with van der Waals surface area (Å²) in [6, 6.07) is 2.36. The van der Waals surface area contributed by atoms with E-state index < -0.39 is 31.5 Å². The summed E-state index contributed by atoms with van der Waals surface area (Å²) >= 11 is 6.29. The summed E-state index contributed by atoms with van der Waals surface area (Å²) in [7, 11) is -4.18. The van der Waals surface area contributed by atoms with Crippen LogP contribution in [0, 0.1) is 0 Å². The van der Waals surface area contributed by atoms with Crippen LogP contribution in [-0.4, -0.2) is 62.3 Å². The first kappa shape index (κ1) is 29.0. The smallest absolute Gasteiger partial charge is 0.253 e. The maximum absolute atomic E-state index is 13.6. The zero-order chi connectivity index (χ0) is 28.4. The van der Waals surface area contributed by atoms with Crippen molar-refractivity contribution in [2.45, 2.75) is 42.7 Å². The van der Waals surface area contributed by atoms with Crippen LogP contribution >= 0.6 is 11.6 Å². The Hall–Kier alpha value is -2.96. The largest absolute Gasteiger partial charge is 0.504 e. The number of ether oxygens (including phenoxy) is 1. The second-order valence-corrected chi connectivity index (χ2v) is 12.0. The molecule has 0 aliphatic carbocycles. The second kappa shape index (κ2) is 11.6. The Morgan fingerprint density at radius 3 is 2.54 bits per heavy atom. The van der Waals surface area contributed by atoms with Gasteiger partial charge in [-0.15, -0.1) is 0 Å². The molecule has 210 valence electrons. The van der Waals surface area contributed by atoms with Gasteiger partial charge in [0.15, 0.2) is 5.75 Å². The molecule has 4 N–H and O–H groups in total. The number of sulfonamides is 1. The van der Waals surface area contributed by atoms with Crippen molar-refractivity contribution in [3.8, 4) is 5.75 Å². The first-order chi connectivity index (χ1) is 18.6. The normalized spacial score (nSPS) is 19.1. The fraction of sp³-hybridized carbons (Fsp3) is 0.407. The molecule has 2 aromatic rings. The van der Waals surface area contributed by atoms with Gasteiger partial charge in [-0.1, -0.05) is 49.9 Å². The topological polar surface area (TPSA) is 137 Å². The molecule has 1 atom stereocenters. The van der Waals surface area contributed by atoms with Gasteiger partial charge in [0.1, 0.15) is 16.3 Å². The van der Waals surface area contributed by atoms with E-state index in [1.54, 1.807) is 18.2 Å². The third-order valence-electron chi connectivity index (χ3n) is 7.33. The molecular formula is C27H33ClN4O6S. The van der Waals surface area contributed by atoms with Gasteiger partial charge in [-0.2, -0.15) is 4.31 Å². The molecule has 0 unspecified atom stereocenters. The van der Waals surface area contributed by atoms with Crippen molar-refractivity contribution in [2.24, 2.45) is 0 Å². The number of nitrogens with one attached hydrogen (secondary N) is 3. The molecule has 0 amide bonds. The first-order valence-corrected chi connectivity index (χ1v) is 14.6. The Balaban J connectivity index is 1.60. The minimum atomic E-state index is -4.18. The molecule has 2 aliphatic heterocycles. The van der Waals surface area contributed by atoms with Gasteiger partial charge >= 0.3 is 0 Å². The number of aromatic hydroxyl groups is 1. The number of hydrogen-bond acceptors (Lipinski definition) is 9. The molecule has 0 bridgehead atoms. The van der Waals surface area contributed by atoms with E-state index in [-0.39, 0.29) is 46.8 Å². The third kappa shape index (κ3) is 5.55. The summed E-state index contributed by atoms with van der Waals surface area (Å²) in [5.74, 6) is -0.633. The zero-order valence-corrected chi connectivity index (χ0v) is 23.3. The lowest BCUT2D eigenvalue weighted by atomic mass is 9.88. The summed E-state index contributed by atoms with van der Waals surface area (Å²) in [6.07, 6.45) is 6.65. The number of phenolic OH excluding ortho intramolecular Hbond substituents is 1. The fourth-order valence-electron chi connectivity index (χ4n) is 5.05. The van der Waals surface area contributed by atoms with Crippen molar-refractivity contribution in [3.05, 3.63) is 74.6 Å². The van der Waals surface area contributed by atoms with E-state index in [4.69, 9.17) is 16.3 Å². The molecule has 12 heteroatoms. The summed E-state index contributed by atoms with van der Waals surface area (Å²) in [5.41, 5.74) is -1.12. The number of allylic oxidation sites excluding steroid dienone is 2. The predicted molar refractivity (Wildman–Crippen MR) is 153 cm³/mol. The van der Waals surface area contributed by atoms with Gasteiger partial charge in [0, 0.05) is 25.2 Å². The minimum absolute atomic E-state index is 0.0333. The average Bonchev–Trinajstić information content (AvgIpc) is 2.93. The van der Waals surface area contributed by atoms with E-state index >= 15 is 0 Å². The Morgan fingerprint density at radius 1 is 1.26 bits per heavy atom. The molecule has 0 aromatic heterocycles. The van der Waals surface area contributed by atoms with Gasteiger partial charge in [0.2, 0.25) is 10.0 Å². The van der Waals surface area contributed by atoms with Crippen molar-refractivity contribution < 1.29 is 18.3 Å². The fourth-order valence-corrected chi connectivity index (χ4v) is 7.08. The van der Waals surface area contributed by atoms with Crippen molar-refractivity contribution in [3.63, 3.8) is 0 Å². The summed E-state index contributed by atoms with van der Waals surface area (Å²) in [5, 5.41) is 20.1. The maximum atomic E-state index is 13.6. The molecular weight excluding hydrogens is 544 g/mol. The van der Waals surface area contributed by atoms with Crippen LogP contribution in [-0.2, 0) is 14.8 Å². The predicted octanol–water partition coefficient (Wildman–Crippen LogP) is 3.02. The zero-order valence-electron chi connectivity index (χ0n) is 21.8. The van der Waals surface area contributed by atoms with Gasteiger partial charge in [-0.3, -0.25) is 9.59 Å². The van der Waals surface area contributed by atoms with E-state index in [1.807, 2.05) is 6.92 Å². The standard InChI is InChI=1S/C27H33ClN4O6S/c1-4-7-17(5-2)19(6-3)30-21-22(25(35)24(21)34)31-20-9-8-18(28)26(23(20)33)39(36,37)32-13-10-27(11-14-32)16-38-15-12-29-27/h4-5,7-9,19,29-31,33H,1-2,6,10-16H2,3H3/b17-7+/t19-/m1/s1. The molecule has 39 heavy (non-hydrogen) atoms. The van der Waals surface area contributed by atoms with Crippen molar-refractivity contribution in [1.29, 1.82) is 0 Å². The van der Waals surface area contributed by atoms with Crippen LogP contribution in [0.15, 0.2) is 63.6 Å². The van der Waals surface area contributed by atoms with Gasteiger partial charge in [-0.05, 0) is 37.0 Å². The highest BCUT2D eigenvalue weighted by atomic mass is 35.5. The lowest BCUT2D eigenvalue weighted by molar-refractivity contribution is 0.00456. The van der Waals surface area contributed by atoms with Crippen LogP contribution in [0.2, 0.25) is 5.02 Å². The molecule has 2 aromatic carbocycles. The van der Waals surface area contributed by atoms with Gasteiger partial charge in [0.25, 0.3) is 10.9 Å². The summed E-state index contributed by atoms with van der Waals surface area (Å²) in [6.45, 7) is 11.7. The molecule has 1 spiro atoms. The van der Waals surface area contributed by atoms with Crippen LogP contribution in [0.25, 0.3) is 0 Å². The third-order valence-corrected chi connectivity index (χ3v) is 9.73. The van der Waals surface area contributed by atoms with E-state index in [0.29, 0.717) is 39.0 Å². The van der Waals surface area contributed by atoms with Crippen molar-refractivity contribution in [1.82, 2.24) is 9.62 Å². The number of halogens is 1. The first-order valence-electron chi connectivity index (χ1n) is 12.7. The maximum Gasteiger partial charge on any atom is 0.253 e. The molecule has 2 aliphatic rings. The number of nitrogens with zero attached hydrogens (tertiary/aromatic N) is 1. The molecule has 2 heterocycles. The quantitative estimate of drug-likeness (QED) is 0.191. The number of hydrogen-bond donors (Lipinski definition) is 4. The van der Waals surface area contributed by atoms with Crippen LogP contribution < -0.4 is 26.8 Å². The Bertz CT molecular complexity index is 1460. The molecule has 0 radical (unpaired) electrons. The highest BCUT2D eigenvalue weighted by Gasteiger charge is 2.41. The number of piperidine rings is 1. The monoisotopic (exact) mass is 576 g/mol. The lowest BCUT2D eigenvalue weighted by Crippen LogP contribution is -2.60. The van der Waals surface area contributed by atoms with Gasteiger partial charge in [-0.25, -0.2) is 8.42 Å². The van der Waals surface area contributed by atoms with Gasteiger partial charge in [0.05, 0.1) is 30.0 Å². The second-order valence-electron chi connectivity index (χ2n) is 9.68.